The Morgan fingerprint density at radius 2 is 1.68 bits per heavy atom. The first-order valence-electron chi connectivity index (χ1n) is 7.98. The van der Waals surface area contributed by atoms with Gasteiger partial charge < -0.3 is 9.64 Å². The molecule has 0 aliphatic rings. The van der Waals surface area contributed by atoms with Crippen molar-refractivity contribution in [3.8, 4) is 5.75 Å². The number of nitrogens with one attached hydrogen (secondary N) is 1. The predicted octanol–water partition coefficient (Wildman–Crippen LogP) is 2.81. The van der Waals surface area contributed by atoms with E-state index in [9.17, 15) is 12.8 Å². The molecule has 136 valence electrons. The van der Waals surface area contributed by atoms with Crippen molar-refractivity contribution in [2.45, 2.75) is 17.9 Å². The maximum absolute atomic E-state index is 13.0. The van der Waals surface area contributed by atoms with Crippen LogP contribution in [0.15, 0.2) is 53.4 Å². The first-order chi connectivity index (χ1) is 11.8. The molecule has 0 saturated heterocycles. The largest absolute Gasteiger partial charge is 0.494 e. The molecule has 0 bridgehead atoms. The Morgan fingerprint density at radius 3 is 2.20 bits per heavy atom. The molecule has 0 heterocycles. The highest BCUT2D eigenvalue weighted by Crippen LogP contribution is 2.21. The maximum Gasteiger partial charge on any atom is 0.240 e. The second-order valence-corrected chi connectivity index (χ2v) is 7.55. The van der Waals surface area contributed by atoms with Crippen molar-refractivity contribution in [2.75, 3.05) is 27.2 Å². The van der Waals surface area contributed by atoms with Crippen molar-refractivity contribution in [1.82, 2.24) is 9.62 Å². The van der Waals surface area contributed by atoms with Crippen molar-refractivity contribution in [2.24, 2.45) is 0 Å². The van der Waals surface area contributed by atoms with Crippen LogP contribution < -0.4 is 9.46 Å². The van der Waals surface area contributed by atoms with Crippen LogP contribution in [0.2, 0.25) is 0 Å². The fourth-order valence-corrected chi connectivity index (χ4v) is 3.48. The smallest absolute Gasteiger partial charge is 0.240 e. The third-order valence-electron chi connectivity index (χ3n) is 3.79. The Bertz CT molecular complexity index is 775. The molecule has 0 radical (unpaired) electrons. The third kappa shape index (κ3) is 5.26. The van der Waals surface area contributed by atoms with Crippen LogP contribution in [0.3, 0.4) is 0 Å². The number of ether oxygens (including phenoxy) is 1. The monoisotopic (exact) mass is 366 g/mol. The number of hydrogen-bond donors (Lipinski definition) is 1. The Balaban J connectivity index is 2.12. The van der Waals surface area contributed by atoms with E-state index in [0.29, 0.717) is 6.61 Å². The van der Waals surface area contributed by atoms with Crippen molar-refractivity contribution in [1.29, 1.82) is 0 Å². The van der Waals surface area contributed by atoms with Crippen LogP contribution >= 0.6 is 0 Å². The lowest BCUT2D eigenvalue weighted by molar-refractivity contribution is 0.298. The lowest BCUT2D eigenvalue weighted by Crippen LogP contribution is -2.34. The van der Waals surface area contributed by atoms with Crippen LogP contribution in [0.1, 0.15) is 18.5 Å². The molecule has 5 nitrogen and oxygen atoms in total. The van der Waals surface area contributed by atoms with Gasteiger partial charge in [-0.05, 0) is 63.0 Å². The van der Waals surface area contributed by atoms with Gasteiger partial charge in [-0.3, -0.25) is 0 Å². The highest BCUT2D eigenvalue weighted by atomic mass is 32.2. The Hall–Kier alpha value is -1.96. The number of sulfonamides is 1. The van der Waals surface area contributed by atoms with Crippen molar-refractivity contribution < 1.29 is 17.5 Å². The van der Waals surface area contributed by atoms with E-state index in [4.69, 9.17) is 4.74 Å². The molecule has 0 amide bonds. The van der Waals surface area contributed by atoms with Gasteiger partial charge in [0.2, 0.25) is 10.0 Å². The van der Waals surface area contributed by atoms with E-state index in [-0.39, 0.29) is 17.5 Å². The second kappa shape index (κ2) is 8.42. The standard InChI is InChI=1S/C18H23FN2O3S/c1-4-24-16-9-5-14(6-10-16)18(21(2)3)13-20-25(22,23)17-11-7-15(19)8-12-17/h5-12,18,20H,4,13H2,1-3H3. The molecule has 2 rings (SSSR count). The Kier molecular flexibility index (Phi) is 6.52. The van der Waals surface area contributed by atoms with Crippen LogP contribution in [0.4, 0.5) is 4.39 Å². The van der Waals surface area contributed by atoms with Gasteiger partial charge in [-0.15, -0.1) is 0 Å². The van der Waals surface area contributed by atoms with E-state index < -0.39 is 15.8 Å². The van der Waals surface area contributed by atoms with E-state index in [1.54, 1.807) is 0 Å². The molecule has 2 aromatic carbocycles. The highest BCUT2D eigenvalue weighted by Gasteiger charge is 2.19. The average molecular weight is 366 g/mol. The van der Waals surface area contributed by atoms with E-state index >= 15 is 0 Å². The van der Waals surface area contributed by atoms with Gasteiger partial charge in [-0.2, -0.15) is 0 Å². The molecule has 1 unspecified atom stereocenters. The van der Waals surface area contributed by atoms with Crippen LogP contribution in [-0.4, -0.2) is 40.6 Å². The zero-order chi connectivity index (χ0) is 18.4. The summed E-state index contributed by atoms with van der Waals surface area (Å²) in [5.41, 5.74) is 0.968. The number of hydrogen-bond acceptors (Lipinski definition) is 4. The van der Waals surface area contributed by atoms with Gasteiger partial charge in [0.05, 0.1) is 11.5 Å². The zero-order valence-corrected chi connectivity index (χ0v) is 15.4. The SMILES string of the molecule is CCOc1ccc(C(CNS(=O)(=O)c2ccc(F)cc2)N(C)C)cc1. The van der Waals surface area contributed by atoms with E-state index in [1.807, 2.05) is 50.2 Å². The number of rotatable bonds is 8. The van der Waals surface area contributed by atoms with Gasteiger partial charge in [0.15, 0.2) is 0 Å². The van der Waals surface area contributed by atoms with Gasteiger partial charge >= 0.3 is 0 Å². The summed E-state index contributed by atoms with van der Waals surface area (Å²) in [5.74, 6) is 0.301. The van der Waals surface area contributed by atoms with Crippen LogP contribution in [0.25, 0.3) is 0 Å². The first kappa shape index (κ1) is 19.4. The maximum atomic E-state index is 13.0. The average Bonchev–Trinajstić information content (AvgIpc) is 2.57. The zero-order valence-electron chi connectivity index (χ0n) is 14.6. The molecule has 0 aromatic heterocycles. The summed E-state index contributed by atoms with van der Waals surface area (Å²) in [4.78, 5) is 1.97. The summed E-state index contributed by atoms with van der Waals surface area (Å²) in [5, 5.41) is 0. The Morgan fingerprint density at radius 1 is 1.08 bits per heavy atom. The molecule has 0 saturated carbocycles. The van der Waals surface area contributed by atoms with E-state index in [0.717, 1.165) is 23.4 Å². The molecule has 25 heavy (non-hydrogen) atoms. The highest BCUT2D eigenvalue weighted by molar-refractivity contribution is 7.89. The van der Waals surface area contributed by atoms with Crippen LogP contribution in [0.5, 0.6) is 5.75 Å². The summed E-state index contributed by atoms with van der Waals surface area (Å²) in [6.45, 7) is 2.70. The summed E-state index contributed by atoms with van der Waals surface area (Å²) in [7, 11) is 0.0661. The van der Waals surface area contributed by atoms with Crippen molar-refractivity contribution in [3.05, 3.63) is 59.9 Å². The lowest BCUT2D eigenvalue weighted by Gasteiger charge is -2.25. The molecular formula is C18H23FN2O3S. The predicted molar refractivity (Wildman–Crippen MR) is 95.6 cm³/mol. The Labute approximate surface area is 148 Å². The topological polar surface area (TPSA) is 58.6 Å². The molecule has 2 aromatic rings. The van der Waals surface area contributed by atoms with Crippen LogP contribution in [-0.2, 0) is 10.0 Å². The minimum Gasteiger partial charge on any atom is -0.494 e. The fraction of sp³-hybridized carbons (Fsp3) is 0.333. The summed E-state index contributed by atoms with van der Waals surface area (Å²) < 4.78 is 45.7. The van der Waals surface area contributed by atoms with Gasteiger partial charge in [0, 0.05) is 12.6 Å². The van der Waals surface area contributed by atoms with Crippen LogP contribution in [0, 0.1) is 5.82 Å². The minimum absolute atomic E-state index is 0.0399. The molecule has 0 aliphatic carbocycles. The second-order valence-electron chi connectivity index (χ2n) is 5.79. The molecule has 0 fully saturated rings. The van der Waals surface area contributed by atoms with Gasteiger partial charge in [0.1, 0.15) is 11.6 Å². The summed E-state index contributed by atoms with van der Waals surface area (Å²) >= 11 is 0. The minimum atomic E-state index is -3.70. The van der Waals surface area contributed by atoms with E-state index in [2.05, 4.69) is 4.72 Å². The summed E-state index contributed by atoms with van der Waals surface area (Å²) in [6, 6.07) is 12.2. The quantitative estimate of drug-likeness (QED) is 0.780. The molecule has 1 atom stereocenters. The number of halogens is 1. The van der Waals surface area contributed by atoms with Crippen molar-refractivity contribution >= 4 is 10.0 Å². The number of nitrogens with zero attached hydrogens (tertiary/aromatic N) is 1. The first-order valence-corrected chi connectivity index (χ1v) is 9.46. The normalized spacial score (nSPS) is 13.0. The molecule has 1 N–H and O–H groups in total. The molecule has 0 spiro atoms. The molecule has 0 aliphatic heterocycles. The third-order valence-corrected chi connectivity index (χ3v) is 5.23. The van der Waals surface area contributed by atoms with Gasteiger partial charge in [0.25, 0.3) is 0 Å². The number of benzene rings is 2. The van der Waals surface area contributed by atoms with Gasteiger partial charge in [-0.1, -0.05) is 12.1 Å². The summed E-state index contributed by atoms with van der Waals surface area (Å²) in [6.07, 6.45) is 0. The van der Waals surface area contributed by atoms with Gasteiger partial charge in [-0.25, -0.2) is 17.5 Å². The lowest BCUT2D eigenvalue weighted by atomic mass is 10.1. The molecule has 7 heteroatoms. The molecular weight excluding hydrogens is 343 g/mol. The fourth-order valence-electron chi connectivity index (χ4n) is 2.44. The van der Waals surface area contributed by atoms with Crippen molar-refractivity contribution in [3.63, 3.8) is 0 Å². The number of likely N-dealkylation sites (N-methyl/N-ethyl adjacent to an activating group) is 1. The van der Waals surface area contributed by atoms with E-state index in [1.165, 1.54) is 12.1 Å².